The van der Waals surface area contributed by atoms with E-state index in [1.165, 1.54) is 0 Å². The van der Waals surface area contributed by atoms with Crippen molar-refractivity contribution in [2.75, 3.05) is 6.61 Å². The first kappa shape index (κ1) is 18.2. The summed E-state index contributed by atoms with van der Waals surface area (Å²) in [6, 6.07) is 8.27. The van der Waals surface area contributed by atoms with Gasteiger partial charge < -0.3 is 4.74 Å². The zero-order valence-corrected chi connectivity index (χ0v) is 13.8. The third-order valence-electron chi connectivity index (χ3n) is 4.20. The molecule has 0 spiro atoms. The molecule has 5 heteroatoms. The van der Waals surface area contributed by atoms with Gasteiger partial charge in [0.15, 0.2) is 0 Å². The van der Waals surface area contributed by atoms with Crippen molar-refractivity contribution in [3.63, 3.8) is 0 Å². The molecule has 0 radical (unpaired) electrons. The first-order valence-electron chi connectivity index (χ1n) is 7.76. The lowest BCUT2D eigenvalue weighted by molar-refractivity contribution is -0.149. The molecular formula is C17H26N2O3. The smallest absolute Gasteiger partial charge is 0.325 e. The van der Waals surface area contributed by atoms with Crippen molar-refractivity contribution in [3.8, 4) is 0 Å². The Morgan fingerprint density at radius 1 is 1.14 bits per heavy atom. The Balaban J connectivity index is 2.81. The molecule has 1 aromatic carbocycles. The maximum Gasteiger partial charge on any atom is 0.325 e. The van der Waals surface area contributed by atoms with Gasteiger partial charge in [-0.1, -0.05) is 39.0 Å². The Hall–Kier alpha value is -1.88. The molecule has 2 N–H and O–H groups in total. The molecule has 1 atom stereocenters. The van der Waals surface area contributed by atoms with Gasteiger partial charge >= 0.3 is 5.97 Å². The van der Waals surface area contributed by atoms with E-state index in [1.807, 2.05) is 26.8 Å². The number of amides is 1. The Bertz CT molecular complexity index is 484. The van der Waals surface area contributed by atoms with Crippen LogP contribution in [0.15, 0.2) is 30.3 Å². The van der Waals surface area contributed by atoms with Crippen molar-refractivity contribution in [3.05, 3.63) is 35.9 Å². The summed E-state index contributed by atoms with van der Waals surface area (Å²) >= 11 is 0. The third kappa shape index (κ3) is 4.56. The number of hydrogen-bond acceptors (Lipinski definition) is 4. The van der Waals surface area contributed by atoms with Crippen LogP contribution in [-0.4, -0.2) is 24.5 Å². The van der Waals surface area contributed by atoms with Crippen LogP contribution >= 0.6 is 0 Å². The van der Waals surface area contributed by atoms with Crippen molar-refractivity contribution in [2.45, 2.75) is 46.6 Å². The van der Waals surface area contributed by atoms with E-state index in [1.54, 1.807) is 31.2 Å². The predicted molar refractivity (Wildman–Crippen MR) is 86.2 cm³/mol. The number of ether oxygens (including phenoxy) is 1. The van der Waals surface area contributed by atoms with E-state index in [0.717, 1.165) is 12.8 Å². The lowest BCUT2D eigenvalue weighted by Gasteiger charge is -2.35. The van der Waals surface area contributed by atoms with Crippen molar-refractivity contribution >= 4 is 11.9 Å². The molecule has 0 unspecified atom stereocenters. The van der Waals surface area contributed by atoms with Gasteiger partial charge in [-0.05, 0) is 37.3 Å². The largest absolute Gasteiger partial charge is 0.465 e. The average molecular weight is 306 g/mol. The second kappa shape index (κ2) is 8.54. The number of carbonyl (C=O) groups excluding carboxylic acids is 2. The maximum atomic E-state index is 12.2. The van der Waals surface area contributed by atoms with Crippen LogP contribution in [0.1, 0.15) is 50.9 Å². The number of rotatable bonds is 8. The molecule has 0 fully saturated rings. The molecule has 1 rings (SSSR count). The molecule has 0 aromatic heterocycles. The molecule has 0 bridgehead atoms. The van der Waals surface area contributed by atoms with E-state index in [0.29, 0.717) is 12.2 Å². The van der Waals surface area contributed by atoms with Gasteiger partial charge in [0.25, 0.3) is 5.91 Å². The summed E-state index contributed by atoms with van der Waals surface area (Å²) in [5.41, 5.74) is 5.73. The standard InChI is InChI=1S/C17H26N2O3/c1-5-17(4,6-2)14(16(21)22-7-3)18-19-15(20)13-11-9-8-10-12-13/h8-12,14,18H,5-7H2,1-4H3,(H,19,20)/t14-/m1/s1. The van der Waals surface area contributed by atoms with Crippen LogP contribution in [0.5, 0.6) is 0 Å². The van der Waals surface area contributed by atoms with E-state index >= 15 is 0 Å². The fourth-order valence-electron chi connectivity index (χ4n) is 2.20. The van der Waals surface area contributed by atoms with E-state index in [4.69, 9.17) is 4.74 Å². The van der Waals surface area contributed by atoms with Gasteiger partial charge in [0.2, 0.25) is 0 Å². The quantitative estimate of drug-likeness (QED) is 0.572. The number of hydrogen-bond donors (Lipinski definition) is 2. The Morgan fingerprint density at radius 3 is 2.23 bits per heavy atom. The topological polar surface area (TPSA) is 67.4 Å². The average Bonchev–Trinajstić information content (AvgIpc) is 2.55. The van der Waals surface area contributed by atoms with Gasteiger partial charge in [-0.3, -0.25) is 15.0 Å². The number of carbonyl (C=O) groups is 2. The molecule has 0 aliphatic carbocycles. The Kier molecular flexibility index (Phi) is 7.05. The molecule has 1 amide bonds. The fraction of sp³-hybridized carbons (Fsp3) is 0.529. The van der Waals surface area contributed by atoms with E-state index in [9.17, 15) is 9.59 Å². The molecule has 1 aromatic rings. The first-order chi connectivity index (χ1) is 10.5. The third-order valence-corrected chi connectivity index (χ3v) is 4.20. The molecule has 0 saturated carbocycles. The zero-order valence-electron chi connectivity index (χ0n) is 13.8. The number of esters is 1. The Labute approximate surface area is 132 Å². The second-order valence-corrected chi connectivity index (χ2v) is 5.51. The second-order valence-electron chi connectivity index (χ2n) is 5.51. The van der Waals surface area contributed by atoms with Gasteiger partial charge in [-0.15, -0.1) is 0 Å². The van der Waals surface area contributed by atoms with Gasteiger partial charge in [0.05, 0.1) is 6.61 Å². The summed E-state index contributed by atoms with van der Waals surface area (Å²) in [7, 11) is 0. The van der Waals surface area contributed by atoms with Crippen LogP contribution in [0.25, 0.3) is 0 Å². The van der Waals surface area contributed by atoms with Gasteiger partial charge in [-0.2, -0.15) is 0 Å². The highest BCUT2D eigenvalue weighted by atomic mass is 16.5. The van der Waals surface area contributed by atoms with E-state index in [2.05, 4.69) is 10.9 Å². The summed E-state index contributed by atoms with van der Waals surface area (Å²) in [6.45, 7) is 8.14. The summed E-state index contributed by atoms with van der Waals surface area (Å²) in [5.74, 6) is -0.619. The van der Waals surface area contributed by atoms with Crippen LogP contribution in [0.4, 0.5) is 0 Å². The highest BCUT2D eigenvalue weighted by molar-refractivity contribution is 5.94. The van der Waals surface area contributed by atoms with Crippen LogP contribution in [0.2, 0.25) is 0 Å². The van der Waals surface area contributed by atoms with Gasteiger partial charge in [0.1, 0.15) is 6.04 Å². The highest BCUT2D eigenvalue weighted by Crippen LogP contribution is 2.30. The molecule has 0 saturated heterocycles. The summed E-state index contributed by atoms with van der Waals surface area (Å²) in [5, 5.41) is 0. The van der Waals surface area contributed by atoms with Crippen molar-refractivity contribution in [2.24, 2.45) is 5.41 Å². The van der Waals surface area contributed by atoms with Crippen LogP contribution in [-0.2, 0) is 9.53 Å². The van der Waals surface area contributed by atoms with Crippen molar-refractivity contribution in [1.82, 2.24) is 10.9 Å². The van der Waals surface area contributed by atoms with Gasteiger partial charge in [0, 0.05) is 5.56 Å². The molecule has 0 aliphatic rings. The normalized spacial score (nSPS) is 12.5. The minimum atomic E-state index is -0.588. The lowest BCUT2D eigenvalue weighted by Crippen LogP contribution is -2.56. The maximum absolute atomic E-state index is 12.2. The lowest BCUT2D eigenvalue weighted by atomic mass is 9.77. The monoisotopic (exact) mass is 306 g/mol. The van der Waals surface area contributed by atoms with E-state index in [-0.39, 0.29) is 17.3 Å². The molecule has 22 heavy (non-hydrogen) atoms. The minimum Gasteiger partial charge on any atom is -0.465 e. The summed E-state index contributed by atoms with van der Waals surface area (Å²) < 4.78 is 5.14. The molecular weight excluding hydrogens is 280 g/mol. The molecule has 0 heterocycles. The molecule has 122 valence electrons. The minimum absolute atomic E-state index is 0.274. The SMILES string of the molecule is CCOC(=O)[C@@H](NNC(=O)c1ccccc1)C(C)(CC)CC. The summed E-state index contributed by atoms with van der Waals surface area (Å²) in [6.07, 6.45) is 1.59. The summed E-state index contributed by atoms with van der Waals surface area (Å²) in [4.78, 5) is 24.3. The first-order valence-corrected chi connectivity index (χ1v) is 7.76. The van der Waals surface area contributed by atoms with Crippen molar-refractivity contribution in [1.29, 1.82) is 0 Å². The van der Waals surface area contributed by atoms with Crippen LogP contribution < -0.4 is 10.9 Å². The fourth-order valence-corrected chi connectivity index (χ4v) is 2.20. The highest BCUT2D eigenvalue weighted by Gasteiger charge is 2.37. The van der Waals surface area contributed by atoms with E-state index < -0.39 is 6.04 Å². The van der Waals surface area contributed by atoms with Crippen LogP contribution in [0.3, 0.4) is 0 Å². The molecule has 0 aliphatic heterocycles. The number of hydrazine groups is 1. The predicted octanol–water partition coefficient (Wildman–Crippen LogP) is 2.68. The number of benzene rings is 1. The van der Waals surface area contributed by atoms with Crippen LogP contribution in [0, 0.1) is 5.41 Å². The number of nitrogens with one attached hydrogen (secondary N) is 2. The molecule has 5 nitrogen and oxygen atoms in total. The van der Waals surface area contributed by atoms with Gasteiger partial charge in [-0.25, -0.2) is 5.43 Å². The zero-order chi connectivity index (χ0) is 16.6. The Morgan fingerprint density at radius 2 is 1.73 bits per heavy atom. The van der Waals surface area contributed by atoms with Crippen molar-refractivity contribution < 1.29 is 14.3 Å².